The van der Waals surface area contributed by atoms with E-state index in [1.807, 2.05) is 0 Å². The molecule has 1 rings (SSSR count). The number of carbonyl (C=O) groups is 2. The van der Waals surface area contributed by atoms with Crippen molar-refractivity contribution in [1.82, 2.24) is 0 Å². The van der Waals surface area contributed by atoms with Crippen LogP contribution in [0.25, 0.3) is 0 Å². The summed E-state index contributed by atoms with van der Waals surface area (Å²) in [5.41, 5.74) is -0.627. The summed E-state index contributed by atoms with van der Waals surface area (Å²) in [6, 6.07) is 3.58. The molecule has 0 N–H and O–H groups in total. The molecular weight excluding hydrogens is 260 g/mol. The molecule has 0 radical (unpaired) electrons. The van der Waals surface area contributed by atoms with Crippen LogP contribution in [0.5, 0.6) is 5.75 Å². The summed E-state index contributed by atoms with van der Waals surface area (Å²) in [5.74, 6) is -1.33. The van der Waals surface area contributed by atoms with Gasteiger partial charge in [-0.05, 0) is 19.1 Å². The highest BCUT2D eigenvalue weighted by Gasteiger charge is 2.19. The zero-order chi connectivity index (χ0) is 14.4. The highest BCUT2D eigenvalue weighted by atomic mass is 19.3. The van der Waals surface area contributed by atoms with Crippen LogP contribution in [0, 0.1) is 11.3 Å². The Morgan fingerprint density at radius 2 is 2.21 bits per heavy atom. The average molecular weight is 269 g/mol. The summed E-state index contributed by atoms with van der Waals surface area (Å²) in [6.07, 6.45) is 0.257. The van der Waals surface area contributed by atoms with Gasteiger partial charge in [-0.3, -0.25) is 4.79 Å². The minimum Gasteiger partial charge on any atom is -0.462 e. The third-order valence-corrected chi connectivity index (χ3v) is 2.11. The van der Waals surface area contributed by atoms with Crippen molar-refractivity contribution >= 4 is 12.3 Å². The van der Waals surface area contributed by atoms with Crippen LogP contribution in [0.15, 0.2) is 12.1 Å². The van der Waals surface area contributed by atoms with Crippen molar-refractivity contribution < 1.29 is 27.8 Å². The minimum atomic E-state index is -3.15. The molecule has 0 aliphatic carbocycles. The fourth-order valence-corrected chi connectivity index (χ4v) is 1.36. The van der Waals surface area contributed by atoms with E-state index >= 15 is 0 Å². The molecule has 100 valence electrons. The van der Waals surface area contributed by atoms with Crippen molar-refractivity contribution in [3.8, 4) is 11.8 Å². The van der Waals surface area contributed by atoms with Crippen LogP contribution in [-0.2, 0) is 4.74 Å². The summed E-state index contributed by atoms with van der Waals surface area (Å²) in [5, 5.41) is 8.87. The van der Waals surface area contributed by atoms with Crippen molar-refractivity contribution in [2.45, 2.75) is 13.5 Å². The second-order valence-electron chi connectivity index (χ2n) is 3.26. The van der Waals surface area contributed by atoms with E-state index in [9.17, 15) is 18.4 Å². The third-order valence-electron chi connectivity index (χ3n) is 2.11. The predicted molar refractivity (Wildman–Crippen MR) is 59.1 cm³/mol. The first kappa shape index (κ1) is 14.6. The lowest BCUT2D eigenvalue weighted by molar-refractivity contribution is -0.0501. The van der Waals surface area contributed by atoms with Gasteiger partial charge in [-0.1, -0.05) is 0 Å². The molecule has 0 atom stereocenters. The molecule has 0 saturated carbocycles. The van der Waals surface area contributed by atoms with Crippen molar-refractivity contribution in [2.75, 3.05) is 6.61 Å². The molecule has 0 spiro atoms. The van der Waals surface area contributed by atoms with Crippen LogP contribution in [-0.4, -0.2) is 25.5 Å². The molecule has 0 amide bonds. The van der Waals surface area contributed by atoms with E-state index < -0.39 is 18.3 Å². The van der Waals surface area contributed by atoms with Crippen molar-refractivity contribution in [2.24, 2.45) is 0 Å². The molecule has 5 nitrogen and oxygen atoms in total. The third kappa shape index (κ3) is 3.48. The van der Waals surface area contributed by atoms with Crippen LogP contribution < -0.4 is 4.74 Å². The number of hydrogen-bond acceptors (Lipinski definition) is 5. The van der Waals surface area contributed by atoms with Crippen molar-refractivity contribution in [1.29, 1.82) is 5.26 Å². The monoisotopic (exact) mass is 269 g/mol. The van der Waals surface area contributed by atoms with Gasteiger partial charge in [0.05, 0.1) is 23.3 Å². The van der Waals surface area contributed by atoms with Crippen LogP contribution in [0.1, 0.15) is 33.2 Å². The van der Waals surface area contributed by atoms with Gasteiger partial charge in [0.1, 0.15) is 11.8 Å². The van der Waals surface area contributed by atoms with Crippen LogP contribution in [0.3, 0.4) is 0 Å². The Bertz CT molecular complexity index is 537. The number of hydrogen-bond donors (Lipinski definition) is 0. The van der Waals surface area contributed by atoms with E-state index in [1.54, 1.807) is 13.0 Å². The second-order valence-corrected chi connectivity index (χ2v) is 3.26. The number of rotatable bonds is 5. The van der Waals surface area contributed by atoms with Gasteiger partial charge in [0.15, 0.2) is 6.29 Å². The summed E-state index contributed by atoms with van der Waals surface area (Å²) >= 11 is 0. The summed E-state index contributed by atoms with van der Waals surface area (Å²) in [6.45, 7) is -1.54. The molecular formula is C12H9F2NO4. The van der Waals surface area contributed by atoms with E-state index in [1.165, 1.54) is 0 Å². The normalized spacial score (nSPS) is 9.84. The first-order valence-electron chi connectivity index (χ1n) is 5.18. The fraction of sp³-hybridized carbons (Fsp3) is 0.250. The molecule has 1 aromatic carbocycles. The van der Waals surface area contributed by atoms with E-state index in [0.717, 1.165) is 12.1 Å². The number of nitriles is 1. The minimum absolute atomic E-state index is 0.0597. The number of halogens is 2. The van der Waals surface area contributed by atoms with Gasteiger partial charge in [0.2, 0.25) is 0 Å². The molecule has 0 aliphatic rings. The molecule has 0 heterocycles. The number of carbonyl (C=O) groups excluding carboxylic acids is 2. The van der Waals surface area contributed by atoms with E-state index in [0.29, 0.717) is 0 Å². The van der Waals surface area contributed by atoms with Gasteiger partial charge < -0.3 is 9.47 Å². The summed E-state index contributed by atoms with van der Waals surface area (Å²) < 4.78 is 33.2. The second kappa shape index (κ2) is 6.44. The number of ether oxygens (including phenoxy) is 2. The quantitative estimate of drug-likeness (QED) is 0.604. The fourth-order valence-electron chi connectivity index (χ4n) is 1.36. The number of aldehydes is 1. The topological polar surface area (TPSA) is 76.4 Å². The highest BCUT2D eigenvalue weighted by Crippen LogP contribution is 2.24. The van der Waals surface area contributed by atoms with Gasteiger partial charge >= 0.3 is 12.6 Å². The lowest BCUT2D eigenvalue weighted by Crippen LogP contribution is -2.10. The molecule has 0 fully saturated rings. The summed E-state index contributed by atoms with van der Waals surface area (Å²) in [7, 11) is 0. The smallest absolute Gasteiger partial charge is 0.387 e. The van der Waals surface area contributed by atoms with E-state index in [4.69, 9.17) is 5.26 Å². The number of alkyl halides is 2. The maximum atomic E-state index is 12.2. The largest absolute Gasteiger partial charge is 0.462 e. The molecule has 0 aromatic heterocycles. The van der Waals surface area contributed by atoms with Crippen molar-refractivity contribution in [3.05, 3.63) is 28.8 Å². The standard InChI is InChI=1S/C12H9F2NO4/c1-2-18-11(17)9-4-10(19-12(13)14)8(6-16)3-7(9)5-15/h3-4,6,12H,2H2,1H3. The number of nitrogens with zero attached hydrogens (tertiary/aromatic N) is 1. The Hall–Kier alpha value is -2.49. The van der Waals surface area contributed by atoms with Gasteiger partial charge in [0.25, 0.3) is 0 Å². The molecule has 0 aliphatic heterocycles. The highest BCUT2D eigenvalue weighted by molar-refractivity contribution is 5.94. The lowest BCUT2D eigenvalue weighted by Gasteiger charge is -2.10. The van der Waals surface area contributed by atoms with Crippen molar-refractivity contribution in [3.63, 3.8) is 0 Å². The summed E-state index contributed by atoms with van der Waals surface area (Å²) in [4.78, 5) is 22.3. The zero-order valence-corrected chi connectivity index (χ0v) is 9.85. The predicted octanol–water partition coefficient (Wildman–Crippen LogP) is 2.15. The molecule has 19 heavy (non-hydrogen) atoms. The SMILES string of the molecule is CCOC(=O)c1cc(OC(F)F)c(C=O)cc1C#N. The Morgan fingerprint density at radius 3 is 2.68 bits per heavy atom. The molecule has 7 heteroatoms. The average Bonchev–Trinajstić information content (AvgIpc) is 2.37. The maximum absolute atomic E-state index is 12.2. The molecule has 0 bridgehead atoms. The zero-order valence-electron chi connectivity index (χ0n) is 9.85. The molecule has 1 aromatic rings. The van der Waals surface area contributed by atoms with Gasteiger partial charge in [-0.2, -0.15) is 14.0 Å². The van der Waals surface area contributed by atoms with Gasteiger partial charge in [-0.25, -0.2) is 4.79 Å². The Morgan fingerprint density at radius 1 is 1.53 bits per heavy atom. The Labute approximate surface area is 107 Å². The Balaban J connectivity index is 3.33. The first-order valence-corrected chi connectivity index (χ1v) is 5.18. The van der Waals surface area contributed by atoms with E-state index in [-0.39, 0.29) is 29.6 Å². The van der Waals surface area contributed by atoms with Crippen LogP contribution in [0.2, 0.25) is 0 Å². The number of esters is 1. The molecule has 0 saturated heterocycles. The van der Waals surface area contributed by atoms with Crippen LogP contribution >= 0.6 is 0 Å². The maximum Gasteiger partial charge on any atom is 0.387 e. The van der Waals surface area contributed by atoms with Gasteiger partial charge in [-0.15, -0.1) is 0 Å². The lowest BCUT2D eigenvalue weighted by atomic mass is 10.0. The number of benzene rings is 1. The first-order chi connectivity index (χ1) is 9.03. The molecule has 0 unspecified atom stereocenters. The van der Waals surface area contributed by atoms with E-state index in [2.05, 4.69) is 9.47 Å². The Kier molecular flexibility index (Phi) is 4.94. The van der Waals surface area contributed by atoms with Gasteiger partial charge in [0, 0.05) is 0 Å². The van der Waals surface area contributed by atoms with Crippen LogP contribution in [0.4, 0.5) is 8.78 Å².